The van der Waals surface area contributed by atoms with Gasteiger partial charge in [0.15, 0.2) is 0 Å². The summed E-state index contributed by atoms with van der Waals surface area (Å²) in [5.74, 6) is -0.456. The number of carbonyl (C=O) groups is 1. The third-order valence-electron chi connectivity index (χ3n) is 2.80. The Balaban J connectivity index is 2.41. The number of benzene rings is 2. The summed E-state index contributed by atoms with van der Waals surface area (Å²) in [6, 6.07) is 8.28. The zero-order valence-corrected chi connectivity index (χ0v) is 12.8. The van der Waals surface area contributed by atoms with Crippen molar-refractivity contribution in [2.45, 2.75) is 6.92 Å². The van der Waals surface area contributed by atoms with Crippen LogP contribution >= 0.6 is 34.8 Å². The molecule has 0 saturated carbocycles. The van der Waals surface area contributed by atoms with E-state index in [2.05, 4.69) is 5.32 Å². The maximum atomic E-state index is 12.3. The normalized spacial score (nSPS) is 10.4. The van der Waals surface area contributed by atoms with Crippen molar-refractivity contribution in [3.05, 3.63) is 56.5 Å². The van der Waals surface area contributed by atoms with Gasteiger partial charge < -0.3 is 11.1 Å². The lowest BCUT2D eigenvalue weighted by Crippen LogP contribution is -2.15. The fourth-order valence-corrected chi connectivity index (χ4v) is 2.46. The first-order chi connectivity index (χ1) is 9.41. The Morgan fingerprint density at radius 2 is 1.80 bits per heavy atom. The monoisotopic (exact) mass is 328 g/mol. The quantitative estimate of drug-likeness (QED) is 0.778. The molecule has 0 fully saturated rings. The molecule has 0 saturated heterocycles. The number of nitrogens with one attached hydrogen (secondary N) is 1. The molecule has 0 heterocycles. The summed E-state index contributed by atoms with van der Waals surface area (Å²) >= 11 is 18.2. The average molecular weight is 330 g/mol. The second-order valence-corrected chi connectivity index (χ2v) is 5.40. The summed E-state index contributed by atoms with van der Waals surface area (Å²) < 4.78 is 0. The van der Waals surface area contributed by atoms with E-state index in [1.807, 2.05) is 6.92 Å². The Hall–Kier alpha value is -1.42. The number of halogens is 3. The Morgan fingerprint density at radius 3 is 2.45 bits per heavy atom. The van der Waals surface area contributed by atoms with Crippen LogP contribution in [0.25, 0.3) is 0 Å². The van der Waals surface area contributed by atoms with Gasteiger partial charge in [0.2, 0.25) is 0 Å². The number of nitrogens with two attached hydrogens (primary N) is 1. The molecule has 3 nitrogen and oxygen atoms in total. The Labute approximate surface area is 131 Å². The molecule has 0 radical (unpaired) electrons. The van der Waals surface area contributed by atoms with E-state index in [1.54, 1.807) is 30.3 Å². The number of amides is 1. The van der Waals surface area contributed by atoms with Crippen molar-refractivity contribution in [2.24, 2.45) is 0 Å². The van der Waals surface area contributed by atoms with E-state index in [0.717, 1.165) is 5.56 Å². The van der Waals surface area contributed by atoms with Gasteiger partial charge in [0.1, 0.15) is 0 Å². The lowest BCUT2D eigenvalue weighted by atomic mass is 10.1. The molecule has 0 aliphatic carbocycles. The first-order valence-corrected chi connectivity index (χ1v) is 6.85. The lowest BCUT2D eigenvalue weighted by Gasteiger charge is -2.13. The molecule has 2 aromatic carbocycles. The summed E-state index contributed by atoms with van der Waals surface area (Å²) in [4.78, 5) is 12.3. The predicted octanol–water partition coefficient (Wildman–Crippen LogP) is 4.79. The van der Waals surface area contributed by atoms with Gasteiger partial charge >= 0.3 is 0 Å². The topological polar surface area (TPSA) is 55.1 Å². The SMILES string of the molecule is Cc1ccc(Cl)c(NC(=O)c2c(N)cccc2Cl)c1Cl. The molecule has 2 rings (SSSR count). The highest BCUT2D eigenvalue weighted by Crippen LogP contribution is 2.34. The van der Waals surface area contributed by atoms with E-state index >= 15 is 0 Å². The van der Waals surface area contributed by atoms with Crippen molar-refractivity contribution >= 4 is 52.1 Å². The van der Waals surface area contributed by atoms with Crippen LogP contribution in [0.15, 0.2) is 30.3 Å². The molecule has 2 aromatic rings. The first kappa shape index (κ1) is 15.0. The lowest BCUT2D eigenvalue weighted by molar-refractivity contribution is 0.102. The van der Waals surface area contributed by atoms with Gasteiger partial charge in [-0.2, -0.15) is 0 Å². The molecule has 3 N–H and O–H groups in total. The molecular formula is C14H11Cl3N2O. The van der Waals surface area contributed by atoms with E-state index in [1.165, 1.54) is 0 Å². The highest BCUT2D eigenvalue weighted by molar-refractivity contribution is 6.41. The predicted molar refractivity (Wildman–Crippen MR) is 85.0 cm³/mol. The molecule has 0 spiro atoms. The number of rotatable bonds is 2. The third kappa shape index (κ3) is 2.85. The van der Waals surface area contributed by atoms with Gasteiger partial charge in [-0.15, -0.1) is 0 Å². The zero-order chi connectivity index (χ0) is 14.9. The molecule has 0 atom stereocenters. The van der Waals surface area contributed by atoms with E-state index in [9.17, 15) is 4.79 Å². The molecule has 0 aliphatic heterocycles. The summed E-state index contributed by atoms with van der Waals surface area (Å²) in [5.41, 5.74) is 7.40. The van der Waals surface area contributed by atoms with Gasteiger partial charge in [0.25, 0.3) is 5.91 Å². The number of hydrogen-bond acceptors (Lipinski definition) is 2. The minimum Gasteiger partial charge on any atom is -0.398 e. The fourth-order valence-electron chi connectivity index (χ4n) is 1.73. The minimum absolute atomic E-state index is 0.197. The van der Waals surface area contributed by atoms with Crippen molar-refractivity contribution in [3.8, 4) is 0 Å². The van der Waals surface area contributed by atoms with Gasteiger partial charge in [-0.3, -0.25) is 4.79 Å². The molecule has 1 amide bonds. The molecule has 0 aliphatic rings. The Kier molecular flexibility index (Phi) is 4.43. The number of anilines is 2. The largest absolute Gasteiger partial charge is 0.398 e. The minimum atomic E-state index is -0.456. The van der Waals surface area contributed by atoms with Crippen LogP contribution in [0.5, 0.6) is 0 Å². The molecule has 6 heteroatoms. The summed E-state index contributed by atoms with van der Waals surface area (Å²) in [5, 5.41) is 3.65. The number of nitrogen functional groups attached to an aromatic ring is 1. The highest BCUT2D eigenvalue weighted by Gasteiger charge is 2.17. The Bertz CT molecular complexity index is 666. The third-order valence-corrected chi connectivity index (χ3v) is 3.91. The molecule has 20 heavy (non-hydrogen) atoms. The van der Waals surface area contributed by atoms with Crippen LogP contribution in [0.1, 0.15) is 15.9 Å². The van der Waals surface area contributed by atoms with Gasteiger partial charge in [0, 0.05) is 5.69 Å². The van der Waals surface area contributed by atoms with Gasteiger partial charge in [0.05, 0.1) is 26.3 Å². The maximum Gasteiger partial charge on any atom is 0.259 e. The zero-order valence-electron chi connectivity index (χ0n) is 10.5. The highest BCUT2D eigenvalue weighted by atomic mass is 35.5. The number of hydrogen-bond donors (Lipinski definition) is 2. The number of aryl methyl sites for hydroxylation is 1. The number of carbonyl (C=O) groups excluding carboxylic acids is 1. The van der Waals surface area contributed by atoms with Crippen LogP contribution in [0.4, 0.5) is 11.4 Å². The average Bonchev–Trinajstić information content (AvgIpc) is 2.39. The summed E-state index contributed by atoms with van der Waals surface area (Å²) in [6.45, 7) is 1.82. The van der Waals surface area contributed by atoms with E-state index in [4.69, 9.17) is 40.5 Å². The van der Waals surface area contributed by atoms with Crippen LogP contribution in [0, 0.1) is 6.92 Å². The van der Waals surface area contributed by atoms with Crippen LogP contribution in [0.3, 0.4) is 0 Å². The van der Waals surface area contributed by atoms with E-state index in [-0.39, 0.29) is 16.3 Å². The van der Waals surface area contributed by atoms with Crippen molar-refractivity contribution in [1.82, 2.24) is 0 Å². The van der Waals surface area contributed by atoms with Crippen molar-refractivity contribution in [3.63, 3.8) is 0 Å². The molecule has 0 unspecified atom stereocenters. The molecule has 0 aromatic heterocycles. The fraction of sp³-hybridized carbons (Fsp3) is 0.0714. The van der Waals surface area contributed by atoms with Crippen molar-refractivity contribution in [2.75, 3.05) is 11.1 Å². The van der Waals surface area contributed by atoms with Crippen molar-refractivity contribution in [1.29, 1.82) is 0 Å². The van der Waals surface area contributed by atoms with Gasteiger partial charge in [-0.25, -0.2) is 0 Å². The van der Waals surface area contributed by atoms with Gasteiger partial charge in [-0.1, -0.05) is 46.9 Å². The van der Waals surface area contributed by atoms with Crippen molar-refractivity contribution < 1.29 is 4.79 Å². The van der Waals surface area contributed by atoms with Crippen LogP contribution in [-0.4, -0.2) is 5.91 Å². The van der Waals surface area contributed by atoms with Crippen LogP contribution in [-0.2, 0) is 0 Å². The standard InChI is InChI=1S/C14H11Cl3N2O/c1-7-5-6-9(16)13(12(7)17)19-14(20)11-8(15)3-2-4-10(11)18/h2-6H,18H2,1H3,(H,19,20). The van der Waals surface area contributed by atoms with Gasteiger partial charge in [-0.05, 0) is 30.7 Å². The van der Waals surface area contributed by atoms with E-state index < -0.39 is 5.91 Å². The Morgan fingerprint density at radius 1 is 1.10 bits per heavy atom. The molecule has 104 valence electrons. The smallest absolute Gasteiger partial charge is 0.259 e. The molecular weight excluding hydrogens is 319 g/mol. The first-order valence-electron chi connectivity index (χ1n) is 5.71. The van der Waals surface area contributed by atoms with Crippen LogP contribution < -0.4 is 11.1 Å². The maximum absolute atomic E-state index is 12.3. The second-order valence-electron chi connectivity index (χ2n) is 4.21. The van der Waals surface area contributed by atoms with E-state index in [0.29, 0.717) is 15.7 Å². The summed E-state index contributed by atoms with van der Waals surface area (Å²) in [6.07, 6.45) is 0. The second kappa shape index (κ2) is 5.92. The van der Waals surface area contributed by atoms with Crippen LogP contribution in [0.2, 0.25) is 15.1 Å². The molecule has 0 bridgehead atoms. The summed E-state index contributed by atoms with van der Waals surface area (Å²) in [7, 11) is 0.